The minimum Gasteiger partial charge on any atom is -0.497 e. The van der Waals surface area contributed by atoms with E-state index in [2.05, 4.69) is 37.5 Å². The van der Waals surface area contributed by atoms with Crippen LogP contribution in [0.3, 0.4) is 0 Å². The number of methoxy groups -OCH3 is 1. The molecule has 0 radical (unpaired) electrons. The second-order valence-corrected chi connectivity index (χ2v) is 6.29. The van der Waals surface area contributed by atoms with Crippen molar-refractivity contribution in [1.29, 1.82) is 0 Å². The average Bonchev–Trinajstić information content (AvgIpc) is 2.51. The summed E-state index contributed by atoms with van der Waals surface area (Å²) in [5.41, 5.74) is 1.25. The Balaban J connectivity index is 2.60. The van der Waals surface area contributed by atoms with Crippen LogP contribution in [-0.2, 0) is 6.54 Å². The van der Waals surface area contributed by atoms with Crippen LogP contribution in [0.1, 0.15) is 38.7 Å². The van der Waals surface area contributed by atoms with Gasteiger partial charge in [-0.05, 0) is 49.4 Å². The molecule has 0 spiro atoms. The summed E-state index contributed by atoms with van der Waals surface area (Å²) in [7, 11) is 1.68. The SMILES string of the molecule is C=CCC[C@H](O)CN(CCC(C)C)Cc1ccc(OC)cc1. The van der Waals surface area contributed by atoms with Crippen molar-refractivity contribution in [2.45, 2.75) is 45.8 Å². The Morgan fingerprint density at radius 3 is 2.45 bits per heavy atom. The van der Waals surface area contributed by atoms with Crippen LogP contribution in [0.15, 0.2) is 36.9 Å². The molecule has 124 valence electrons. The molecule has 0 aliphatic heterocycles. The van der Waals surface area contributed by atoms with Gasteiger partial charge in [0.2, 0.25) is 0 Å². The number of aliphatic hydroxyl groups is 1. The van der Waals surface area contributed by atoms with Gasteiger partial charge in [-0.25, -0.2) is 0 Å². The smallest absolute Gasteiger partial charge is 0.118 e. The lowest BCUT2D eigenvalue weighted by Crippen LogP contribution is -2.33. The molecule has 0 bridgehead atoms. The Labute approximate surface area is 135 Å². The maximum atomic E-state index is 10.2. The van der Waals surface area contributed by atoms with Crippen LogP contribution < -0.4 is 4.74 Å². The van der Waals surface area contributed by atoms with Crippen LogP contribution >= 0.6 is 0 Å². The largest absolute Gasteiger partial charge is 0.497 e. The highest BCUT2D eigenvalue weighted by molar-refractivity contribution is 5.27. The van der Waals surface area contributed by atoms with Crippen molar-refractivity contribution < 1.29 is 9.84 Å². The predicted molar refractivity (Wildman–Crippen MR) is 93.2 cm³/mol. The highest BCUT2D eigenvalue weighted by Gasteiger charge is 2.12. The van der Waals surface area contributed by atoms with E-state index in [1.807, 2.05) is 18.2 Å². The first-order valence-electron chi connectivity index (χ1n) is 8.19. The highest BCUT2D eigenvalue weighted by atomic mass is 16.5. The van der Waals surface area contributed by atoms with E-state index in [1.54, 1.807) is 7.11 Å². The maximum absolute atomic E-state index is 10.2. The van der Waals surface area contributed by atoms with Gasteiger partial charge in [0.25, 0.3) is 0 Å². The second-order valence-electron chi connectivity index (χ2n) is 6.29. The lowest BCUT2D eigenvalue weighted by molar-refractivity contribution is 0.0994. The van der Waals surface area contributed by atoms with Gasteiger partial charge in [-0.1, -0.05) is 32.1 Å². The first-order valence-corrected chi connectivity index (χ1v) is 8.19. The van der Waals surface area contributed by atoms with Crippen molar-refractivity contribution in [2.75, 3.05) is 20.2 Å². The molecule has 0 aromatic heterocycles. The summed E-state index contributed by atoms with van der Waals surface area (Å²) in [5, 5.41) is 10.2. The quantitative estimate of drug-likeness (QED) is 0.630. The monoisotopic (exact) mass is 305 g/mol. The van der Waals surface area contributed by atoms with Crippen molar-refractivity contribution in [3.8, 4) is 5.75 Å². The van der Waals surface area contributed by atoms with E-state index in [0.29, 0.717) is 12.5 Å². The third-order valence-corrected chi connectivity index (χ3v) is 3.76. The molecular weight excluding hydrogens is 274 g/mol. The number of ether oxygens (including phenoxy) is 1. The fourth-order valence-electron chi connectivity index (χ4n) is 2.36. The molecule has 3 nitrogen and oxygen atoms in total. The van der Waals surface area contributed by atoms with E-state index in [4.69, 9.17) is 4.74 Å². The molecule has 22 heavy (non-hydrogen) atoms. The summed E-state index contributed by atoms with van der Waals surface area (Å²) >= 11 is 0. The molecular formula is C19H31NO2. The molecule has 1 N–H and O–H groups in total. The Kier molecular flexibility index (Phi) is 8.86. The Hall–Kier alpha value is -1.32. The minimum absolute atomic E-state index is 0.289. The summed E-state index contributed by atoms with van der Waals surface area (Å²) in [5.74, 6) is 1.55. The Morgan fingerprint density at radius 2 is 1.91 bits per heavy atom. The number of hydrogen-bond acceptors (Lipinski definition) is 3. The van der Waals surface area contributed by atoms with Crippen LogP contribution in [0, 0.1) is 5.92 Å². The van der Waals surface area contributed by atoms with Gasteiger partial charge in [0.15, 0.2) is 0 Å². The van der Waals surface area contributed by atoms with Crippen LogP contribution in [0.5, 0.6) is 5.75 Å². The van der Waals surface area contributed by atoms with Crippen LogP contribution in [0.25, 0.3) is 0 Å². The highest BCUT2D eigenvalue weighted by Crippen LogP contribution is 2.15. The molecule has 1 aromatic carbocycles. The number of allylic oxidation sites excluding steroid dienone is 1. The third kappa shape index (κ3) is 7.62. The topological polar surface area (TPSA) is 32.7 Å². The van der Waals surface area contributed by atoms with Crippen LogP contribution in [0.4, 0.5) is 0 Å². The zero-order valence-corrected chi connectivity index (χ0v) is 14.3. The van der Waals surface area contributed by atoms with Crippen molar-refractivity contribution in [3.63, 3.8) is 0 Å². The lowest BCUT2D eigenvalue weighted by atomic mass is 10.1. The zero-order chi connectivity index (χ0) is 16.4. The summed E-state index contributed by atoms with van der Waals surface area (Å²) in [6, 6.07) is 8.17. The number of benzene rings is 1. The molecule has 0 unspecified atom stereocenters. The third-order valence-electron chi connectivity index (χ3n) is 3.76. The molecule has 0 heterocycles. The second kappa shape index (κ2) is 10.4. The van der Waals surface area contributed by atoms with Crippen LogP contribution in [0.2, 0.25) is 0 Å². The Bertz CT molecular complexity index is 414. The molecule has 1 aromatic rings. The van der Waals surface area contributed by atoms with Gasteiger partial charge >= 0.3 is 0 Å². The Morgan fingerprint density at radius 1 is 1.23 bits per heavy atom. The first-order chi connectivity index (χ1) is 10.5. The van der Waals surface area contributed by atoms with Gasteiger partial charge in [-0.2, -0.15) is 0 Å². The molecule has 0 fully saturated rings. The summed E-state index contributed by atoms with van der Waals surface area (Å²) < 4.78 is 5.20. The van der Waals surface area contributed by atoms with Gasteiger partial charge in [0.1, 0.15) is 5.75 Å². The molecule has 0 amide bonds. The predicted octanol–water partition coefficient (Wildman–Crippen LogP) is 3.87. The van der Waals surface area contributed by atoms with Gasteiger partial charge in [-0.15, -0.1) is 6.58 Å². The van der Waals surface area contributed by atoms with E-state index in [1.165, 1.54) is 5.56 Å². The van der Waals surface area contributed by atoms with E-state index in [9.17, 15) is 5.11 Å². The number of hydrogen-bond donors (Lipinski definition) is 1. The van der Waals surface area contributed by atoms with Gasteiger partial charge in [0, 0.05) is 13.1 Å². The van der Waals surface area contributed by atoms with Crippen molar-refractivity contribution in [3.05, 3.63) is 42.5 Å². The van der Waals surface area contributed by atoms with Crippen molar-refractivity contribution in [2.24, 2.45) is 5.92 Å². The molecule has 0 aliphatic rings. The van der Waals surface area contributed by atoms with Crippen molar-refractivity contribution >= 4 is 0 Å². The molecule has 0 saturated heterocycles. The summed E-state index contributed by atoms with van der Waals surface area (Å²) in [6.45, 7) is 10.8. The number of nitrogens with zero attached hydrogens (tertiary/aromatic N) is 1. The maximum Gasteiger partial charge on any atom is 0.118 e. The zero-order valence-electron chi connectivity index (χ0n) is 14.3. The first kappa shape index (κ1) is 18.7. The van der Waals surface area contributed by atoms with Crippen molar-refractivity contribution in [1.82, 2.24) is 4.90 Å². The molecule has 3 heteroatoms. The van der Waals surface area contributed by atoms with E-state index >= 15 is 0 Å². The van der Waals surface area contributed by atoms with E-state index < -0.39 is 0 Å². The summed E-state index contributed by atoms with van der Waals surface area (Å²) in [4.78, 5) is 2.34. The van der Waals surface area contributed by atoms with Crippen LogP contribution in [-0.4, -0.2) is 36.3 Å². The standard InChI is InChI=1S/C19H31NO2/c1-5-6-7-18(21)15-20(13-12-16(2)3)14-17-8-10-19(22-4)11-9-17/h5,8-11,16,18,21H,1,6-7,12-15H2,2-4H3/t18-/m0/s1. The average molecular weight is 305 g/mol. The lowest BCUT2D eigenvalue weighted by Gasteiger charge is -2.26. The summed E-state index contributed by atoms with van der Waals surface area (Å²) in [6.07, 6.45) is 4.37. The molecule has 1 atom stereocenters. The van der Waals surface area contributed by atoms with Gasteiger partial charge in [0.05, 0.1) is 13.2 Å². The fraction of sp³-hybridized carbons (Fsp3) is 0.579. The minimum atomic E-state index is -0.289. The normalized spacial score (nSPS) is 12.6. The van der Waals surface area contributed by atoms with E-state index in [0.717, 1.165) is 38.1 Å². The van der Waals surface area contributed by atoms with Gasteiger partial charge in [-0.3, -0.25) is 4.90 Å². The van der Waals surface area contributed by atoms with E-state index in [-0.39, 0.29) is 6.10 Å². The fourth-order valence-corrected chi connectivity index (χ4v) is 2.36. The molecule has 0 saturated carbocycles. The number of rotatable bonds is 11. The van der Waals surface area contributed by atoms with Gasteiger partial charge < -0.3 is 9.84 Å². The molecule has 0 aliphatic carbocycles. The number of aliphatic hydroxyl groups excluding tert-OH is 1. The molecule has 1 rings (SSSR count).